The predicted octanol–water partition coefficient (Wildman–Crippen LogP) is 4.10. The molecule has 0 radical (unpaired) electrons. The summed E-state index contributed by atoms with van der Waals surface area (Å²) in [5.74, 6) is -0.264. The highest BCUT2D eigenvalue weighted by molar-refractivity contribution is 8.00. The van der Waals surface area contributed by atoms with Crippen molar-refractivity contribution in [2.45, 2.75) is 38.3 Å². The summed E-state index contributed by atoms with van der Waals surface area (Å²) in [6.45, 7) is 6.54. The zero-order chi connectivity index (χ0) is 19.8. The van der Waals surface area contributed by atoms with Gasteiger partial charge in [0.25, 0.3) is 5.91 Å². The minimum atomic E-state index is -0.317. The topological polar surface area (TPSA) is 49.4 Å². The number of hydrogen-bond acceptors (Lipinski definition) is 3. The van der Waals surface area contributed by atoms with Crippen LogP contribution in [0.5, 0.6) is 0 Å². The summed E-state index contributed by atoms with van der Waals surface area (Å²) >= 11 is 1.34. The molecule has 2 aromatic carbocycles. The van der Waals surface area contributed by atoms with E-state index in [0.29, 0.717) is 18.7 Å². The number of nitrogens with zero attached hydrogens (tertiary/aromatic N) is 1. The van der Waals surface area contributed by atoms with Gasteiger partial charge in [-0.25, -0.2) is 4.39 Å². The molecule has 0 bridgehead atoms. The maximum absolute atomic E-state index is 13.4. The zero-order valence-electron chi connectivity index (χ0n) is 15.9. The summed E-state index contributed by atoms with van der Waals surface area (Å²) in [6, 6.07) is 13.6. The van der Waals surface area contributed by atoms with Crippen LogP contribution < -0.4 is 5.32 Å². The third-order valence-electron chi connectivity index (χ3n) is 3.86. The third-order valence-corrected chi connectivity index (χ3v) is 4.93. The molecule has 0 aliphatic carbocycles. The lowest BCUT2D eigenvalue weighted by atomic mass is 10.1. The number of hydrogen-bond donors (Lipinski definition) is 1. The first-order valence-corrected chi connectivity index (χ1v) is 9.94. The molecule has 0 fully saturated rings. The Morgan fingerprint density at radius 3 is 2.56 bits per heavy atom. The molecule has 0 spiro atoms. The van der Waals surface area contributed by atoms with Crippen LogP contribution in [0.25, 0.3) is 0 Å². The molecule has 0 aromatic heterocycles. The molecule has 0 saturated carbocycles. The predicted molar refractivity (Wildman–Crippen MR) is 107 cm³/mol. The first-order chi connectivity index (χ1) is 12.9. The van der Waals surface area contributed by atoms with Gasteiger partial charge in [0.2, 0.25) is 5.91 Å². The minimum Gasteiger partial charge on any atom is -0.353 e. The Kier molecular flexibility index (Phi) is 7.85. The average Bonchev–Trinajstić information content (AvgIpc) is 2.63. The van der Waals surface area contributed by atoms with E-state index in [4.69, 9.17) is 0 Å². The summed E-state index contributed by atoms with van der Waals surface area (Å²) in [5, 5.41) is 2.84. The van der Waals surface area contributed by atoms with E-state index in [1.807, 2.05) is 39.0 Å². The minimum absolute atomic E-state index is 0.0654. The fraction of sp³-hybridized carbons (Fsp3) is 0.333. The Bertz CT molecular complexity index is 795. The van der Waals surface area contributed by atoms with E-state index in [0.717, 1.165) is 10.5 Å². The van der Waals surface area contributed by atoms with Gasteiger partial charge in [-0.1, -0.05) is 24.3 Å². The molecule has 27 heavy (non-hydrogen) atoms. The Morgan fingerprint density at radius 1 is 1.15 bits per heavy atom. The van der Waals surface area contributed by atoms with E-state index >= 15 is 0 Å². The Morgan fingerprint density at radius 2 is 1.89 bits per heavy atom. The van der Waals surface area contributed by atoms with E-state index < -0.39 is 0 Å². The maximum Gasteiger partial charge on any atom is 0.255 e. The van der Waals surface area contributed by atoms with Gasteiger partial charge in [0.1, 0.15) is 5.82 Å². The summed E-state index contributed by atoms with van der Waals surface area (Å²) in [7, 11) is 0. The van der Waals surface area contributed by atoms with Gasteiger partial charge in [-0.15, -0.1) is 11.8 Å². The first kappa shape index (κ1) is 21.0. The lowest BCUT2D eigenvalue weighted by molar-refractivity contribution is -0.119. The van der Waals surface area contributed by atoms with Crippen molar-refractivity contribution in [1.82, 2.24) is 10.2 Å². The summed E-state index contributed by atoms with van der Waals surface area (Å²) in [4.78, 5) is 27.4. The molecule has 0 aliphatic rings. The highest BCUT2D eigenvalue weighted by Crippen LogP contribution is 2.24. The van der Waals surface area contributed by atoms with Crippen LogP contribution in [0.4, 0.5) is 4.39 Å². The van der Waals surface area contributed by atoms with Crippen LogP contribution in [-0.4, -0.2) is 35.1 Å². The van der Waals surface area contributed by atoms with Crippen molar-refractivity contribution in [2.24, 2.45) is 0 Å². The molecule has 0 heterocycles. The Labute approximate surface area is 164 Å². The van der Waals surface area contributed by atoms with Crippen LogP contribution in [0.15, 0.2) is 53.4 Å². The fourth-order valence-electron chi connectivity index (χ4n) is 2.63. The molecule has 0 saturated heterocycles. The van der Waals surface area contributed by atoms with Crippen LogP contribution in [0.1, 0.15) is 36.7 Å². The fourth-order valence-corrected chi connectivity index (χ4v) is 3.48. The van der Waals surface area contributed by atoms with Crippen LogP contribution in [-0.2, 0) is 11.3 Å². The molecular weight excluding hydrogens is 363 g/mol. The molecule has 6 heteroatoms. The van der Waals surface area contributed by atoms with Gasteiger partial charge >= 0.3 is 0 Å². The van der Waals surface area contributed by atoms with Crippen molar-refractivity contribution in [3.8, 4) is 0 Å². The average molecular weight is 389 g/mol. The molecule has 0 atom stereocenters. The third kappa shape index (κ3) is 6.40. The number of nitrogens with one attached hydrogen (secondary N) is 1. The van der Waals surface area contributed by atoms with E-state index in [1.165, 1.54) is 23.9 Å². The van der Waals surface area contributed by atoms with Crippen LogP contribution in [0.3, 0.4) is 0 Å². The van der Waals surface area contributed by atoms with Crippen LogP contribution in [0, 0.1) is 5.82 Å². The number of thioether (sulfide) groups is 1. The maximum atomic E-state index is 13.4. The molecule has 4 nitrogen and oxygen atoms in total. The molecular formula is C21H25FN2O2S. The number of carbonyl (C=O) groups excluding carboxylic acids is 2. The highest BCUT2D eigenvalue weighted by Gasteiger charge is 2.19. The second-order valence-electron chi connectivity index (χ2n) is 6.46. The van der Waals surface area contributed by atoms with Crippen molar-refractivity contribution in [2.75, 3.05) is 12.3 Å². The number of carbonyl (C=O) groups is 2. The van der Waals surface area contributed by atoms with Gasteiger partial charge < -0.3 is 10.2 Å². The second kappa shape index (κ2) is 10.1. The lowest BCUT2D eigenvalue weighted by Gasteiger charge is -2.22. The summed E-state index contributed by atoms with van der Waals surface area (Å²) < 4.78 is 13.4. The SMILES string of the molecule is CCN(Cc1cccc(F)c1)C(=O)c1ccccc1SCC(=O)NC(C)C. The van der Waals surface area contributed by atoms with E-state index in [2.05, 4.69) is 5.32 Å². The van der Waals surface area contributed by atoms with Gasteiger partial charge in [-0.2, -0.15) is 0 Å². The smallest absolute Gasteiger partial charge is 0.255 e. The van der Waals surface area contributed by atoms with Gasteiger partial charge in [0.15, 0.2) is 0 Å². The van der Waals surface area contributed by atoms with Crippen LogP contribution >= 0.6 is 11.8 Å². The summed E-state index contributed by atoms with van der Waals surface area (Å²) in [6.07, 6.45) is 0. The van der Waals surface area contributed by atoms with Crippen molar-refractivity contribution in [3.63, 3.8) is 0 Å². The molecule has 2 amide bonds. The van der Waals surface area contributed by atoms with Gasteiger partial charge in [0, 0.05) is 24.0 Å². The lowest BCUT2D eigenvalue weighted by Crippen LogP contribution is -2.32. The van der Waals surface area contributed by atoms with E-state index in [9.17, 15) is 14.0 Å². The van der Waals surface area contributed by atoms with Crippen LogP contribution in [0.2, 0.25) is 0 Å². The van der Waals surface area contributed by atoms with Crippen molar-refractivity contribution in [1.29, 1.82) is 0 Å². The number of rotatable bonds is 8. The Hall–Kier alpha value is -2.34. The Balaban J connectivity index is 2.13. The number of amides is 2. The molecule has 1 N–H and O–H groups in total. The molecule has 144 valence electrons. The molecule has 2 rings (SSSR count). The van der Waals surface area contributed by atoms with Crippen molar-refractivity contribution in [3.05, 3.63) is 65.5 Å². The van der Waals surface area contributed by atoms with Gasteiger partial charge in [-0.05, 0) is 50.6 Å². The quantitative estimate of drug-likeness (QED) is 0.693. The molecule has 2 aromatic rings. The highest BCUT2D eigenvalue weighted by atomic mass is 32.2. The van der Waals surface area contributed by atoms with Gasteiger partial charge in [0.05, 0.1) is 11.3 Å². The van der Waals surface area contributed by atoms with Gasteiger partial charge in [-0.3, -0.25) is 9.59 Å². The number of benzene rings is 2. The normalized spacial score (nSPS) is 10.7. The monoisotopic (exact) mass is 388 g/mol. The molecule has 0 aliphatic heterocycles. The zero-order valence-corrected chi connectivity index (χ0v) is 16.7. The van der Waals surface area contributed by atoms with Crippen molar-refractivity contribution < 1.29 is 14.0 Å². The second-order valence-corrected chi connectivity index (χ2v) is 7.47. The largest absolute Gasteiger partial charge is 0.353 e. The number of halogens is 1. The summed E-state index contributed by atoms with van der Waals surface area (Å²) in [5.41, 5.74) is 1.30. The molecule has 0 unspecified atom stereocenters. The van der Waals surface area contributed by atoms with Crippen molar-refractivity contribution >= 4 is 23.6 Å². The van der Waals surface area contributed by atoms with E-state index in [-0.39, 0.29) is 29.4 Å². The van der Waals surface area contributed by atoms with E-state index in [1.54, 1.807) is 23.1 Å². The standard InChI is InChI=1S/C21H25FN2O2S/c1-4-24(13-16-8-7-9-17(22)12-16)21(26)18-10-5-6-11-19(18)27-14-20(25)23-15(2)3/h5-12,15H,4,13-14H2,1-3H3,(H,23,25). The first-order valence-electron chi connectivity index (χ1n) is 8.95.